The van der Waals surface area contributed by atoms with Gasteiger partial charge in [-0.25, -0.2) is 4.79 Å². The van der Waals surface area contributed by atoms with E-state index in [-0.39, 0.29) is 23.8 Å². The molecule has 1 N–H and O–H groups in total. The van der Waals surface area contributed by atoms with Crippen LogP contribution in [0.5, 0.6) is 0 Å². The van der Waals surface area contributed by atoms with Crippen LogP contribution in [0.3, 0.4) is 0 Å². The Morgan fingerprint density at radius 3 is 2.62 bits per heavy atom. The van der Waals surface area contributed by atoms with Crippen LogP contribution in [-0.2, 0) is 9.59 Å². The van der Waals surface area contributed by atoms with Gasteiger partial charge in [0.25, 0.3) is 0 Å². The lowest BCUT2D eigenvalue weighted by molar-refractivity contribution is -0.139. The van der Waals surface area contributed by atoms with E-state index in [4.69, 9.17) is 0 Å². The topological polar surface area (TPSA) is 69.7 Å². The monoisotopic (exact) mass is 295 g/mol. The second-order valence-corrected chi connectivity index (χ2v) is 6.27. The quantitative estimate of drug-likeness (QED) is 0.612. The first-order valence-corrected chi connectivity index (χ1v) is 7.86. The van der Waals surface area contributed by atoms with Gasteiger partial charge < -0.3 is 10.2 Å². The molecule has 0 bridgehead atoms. The lowest BCUT2D eigenvalue weighted by Gasteiger charge is -2.17. The van der Waals surface area contributed by atoms with Crippen LogP contribution in [0.15, 0.2) is 0 Å². The van der Waals surface area contributed by atoms with Crippen LogP contribution in [0.4, 0.5) is 4.79 Å². The highest BCUT2D eigenvalue weighted by atomic mass is 16.2. The van der Waals surface area contributed by atoms with Gasteiger partial charge in [-0.1, -0.05) is 13.8 Å². The predicted molar refractivity (Wildman–Crippen MR) is 78.5 cm³/mol. The molecule has 2 aliphatic heterocycles. The lowest BCUT2D eigenvalue weighted by Crippen LogP contribution is -2.39. The van der Waals surface area contributed by atoms with Crippen molar-refractivity contribution in [2.24, 2.45) is 11.8 Å². The minimum atomic E-state index is -0.172. The van der Waals surface area contributed by atoms with E-state index in [2.05, 4.69) is 12.2 Å². The lowest BCUT2D eigenvalue weighted by atomic mass is 10.1. The van der Waals surface area contributed by atoms with Crippen molar-refractivity contribution < 1.29 is 14.4 Å². The highest BCUT2D eigenvalue weighted by Crippen LogP contribution is 2.19. The first kappa shape index (κ1) is 15.8. The Morgan fingerprint density at radius 1 is 1.29 bits per heavy atom. The van der Waals surface area contributed by atoms with Gasteiger partial charge in [0.2, 0.25) is 11.8 Å². The maximum atomic E-state index is 11.9. The van der Waals surface area contributed by atoms with Crippen molar-refractivity contribution in [2.75, 3.05) is 26.2 Å². The largest absolute Gasteiger partial charge is 0.338 e. The molecule has 2 atom stereocenters. The third kappa shape index (κ3) is 3.95. The minimum absolute atomic E-state index is 0.00120. The number of amides is 4. The Labute approximate surface area is 125 Å². The van der Waals surface area contributed by atoms with Gasteiger partial charge in [0.05, 0.1) is 0 Å². The molecule has 1 unspecified atom stereocenters. The van der Waals surface area contributed by atoms with E-state index in [1.807, 2.05) is 4.90 Å². The minimum Gasteiger partial charge on any atom is -0.338 e. The molecular weight excluding hydrogens is 270 g/mol. The molecule has 2 rings (SSSR count). The zero-order valence-electron chi connectivity index (χ0n) is 12.9. The summed E-state index contributed by atoms with van der Waals surface area (Å²) in [5, 5.41) is 2.90. The van der Waals surface area contributed by atoms with Gasteiger partial charge in [-0.05, 0) is 25.2 Å². The molecule has 4 amide bonds. The van der Waals surface area contributed by atoms with Crippen molar-refractivity contribution in [3.05, 3.63) is 0 Å². The summed E-state index contributed by atoms with van der Waals surface area (Å²) in [5.41, 5.74) is 0. The third-order valence-corrected chi connectivity index (χ3v) is 4.27. The van der Waals surface area contributed by atoms with E-state index >= 15 is 0 Å². The predicted octanol–water partition coefficient (Wildman–Crippen LogP) is 1.21. The number of unbranched alkanes of at least 4 members (excludes halogenated alkanes) is 1. The highest BCUT2D eigenvalue weighted by molar-refractivity contribution is 6.03. The molecule has 2 saturated heterocycles. The van der Waals surface area contributed by atoms with Crippen LogP contribution in [0.1, 0.15) is 39.5 Å². The Bertz CT molecular complexity index is 424. The number of likely N-dealkylation sites (tertiary alicyclic amines) is 2. The fourth-order valence-electron chi connectivity index (χ4n) is 2.90. The molecule has 0 spiro atoms. The number of hydrogen-bond acceptors (Lipinski definition) is 3. The summed E-state index contributed by atoms with van der Waals surface area (Å²) in [6, 6.07) is 0.00120. The average molecular weight is 295 g/mol. The summed E-state index contributed by atoms with van der Waals surface area (Å²) in [5.74, 6) is 0.289. The number of hydrogen-bond donors (Lipinski definition) is 1. The van der Waals surface area contributed by atoms with Gasteiger partial charge in [-0.3, -0.25) is 14.5 Å². The summed E-state index contributed by atoms with van der Waals surface area (Å²) in [6.45, 7) is 6.67. The van der Waals surface area contributed by atoms with Gasteiger partial charge in [0.15, 0.2) is 0 Å². The Kier molecular flexibility index (Phi) is 5.20. The maximum absolute atomic E-state index is 11.9. The smallest absolute Gasteiger partial charge is 0.317 e. The molecule has 0 aromatic rings. The van der Waals surface area contributed by atoms with Gasteiger partial charge in [0.1, 0.15) is 0 Å². The van der Waals surface area contributed by atoms with Crippen LogP contribution in [0.25, 0.3) is 0 Å². The summed E-state index contributed by atoms with van der Waals surface area (Å²) in [7, 11) is 0. The molecule has 0 aliphatic carbocycles. The van der Waals surface area contributed by atoms with E-state index in [1.165, 1.54) is 4.90 Å². The summed E-state index contributed by atoms with van der Waals surface area (Å²) < 4.78 is 0. The van der Waals surface area contributed by atoms with Crippen LogP contribution in [0, 0.1) is 11.8 Å². The molecule has 0 saturated carbocycles. The number of carbonyl (C=O) groups is 3. The molecule has 118 valence electrons. The molecule has 2 heterocycles. The molecule has 0 aromatic heterocycles. The molecule has 21 heavy (non-hydrogen) atoms. The maximum Gasteiger partial charge on any atom is 0.317 e. The second kappa shape index (κ2) is 6.91. The SMILES string of the molecule is CC1CC(=O)N(CCCCNC(=O)N2CC[C@@H](C)C2)C1=O. The first-order valence-electron chi connectivity index (χ1n) is 7.86. The number of imide groups is 1. The third-order valence-electron chi connectivity index (χ3n) is 4.27. The number of urea groups is 1. The van der Waals surface area contributed by atoms with E-state index in [1.54, 1.807) is 6.92 Å². The first-order chi connectivity index (χ1) is 9.99. The molecular formula is C15H25N3O3. The van der Waals surface area contributed by atoms with Gasteiger partial charge in [0, 0.05) is 38.5 Å². The number of carbonyl (C=O) groups excluding carboxylic acids is 3. The van der Waals surface area contributed by atoms with Crippen molar-refractivity contribution >= 4 is 17.8 Å². The molecule has 2 aliphatic rings. The molecule has 0 radical (unpaired) electrons. The fraction of sp³-hybridized carbons (Fsp3) is 0.800. The second-order valence-electron chi connectivity index (χ2n) is 6.27. The molecule has 6 heteroatoms. The van der Waals surface area contributed by atoms with Crippen molar-refractivity contribution in [3.63, 3.8) is 0 Å². The molecule has 2 fully saturated rings. The van der Waals surface area contributed by atoms with E-state index < -0.39 is 0 Å². The number of nitrogens with zero attached hydrogens (tertiary/aromatic N) is 2. The summed E-state index contributed by atoms with van der Waals surface area (Å²) in [4.78, 5) is 38.4. The summed E-state index contributed by atoms with van der Waals surface area (Å²) in [6.07, 6.45) is 2.93. The van der Waals surface area contributed by atoms with E-state index in [0.717, 1.165) is 32.4 Å². The zero-order valence-corrected chi connectivity index (χ0v) is 12.9. The molecule has 0 aromatic carbocycles. The number of rotatable bonds is 5. The average Bonchev–Trinajstić information content (AvgIpc) is 2.96. The van der Waals surface area contributed by atoms with Crippen molar-refractivity contribution in [3.8, 4) is 0 Å². The van der Waals surface area contributed by atoms with Crippen LogP contribution >= 0.6 is 0 Å². The van der Waals surface area contributed by atoms with Crippen molar-refractivity contribution in [1.82, 2.24) is 15.1 Å². The van der Waals surface area contributed by atoms with Gasteiger partial charge in [-0.2, -0.15) is 0 Å². The van der Waals surface area contributed by atoms with Crippen LogP contribution in [0.2, 0.25) is 0 Å². The van der Waals surface area contributed by atoms with Crippen molar-refractivity contribution in [1.29, 1.82) is 0 Å². The van der Waals surface area contributed by atoms with E-state index in [0.29, 0.717) is 25.4 Å². The zero-order chi connectivity index (χ0) is 15.4. The standard InChI is InChI=1S/C15H25N3O3/c1-11-5-8-17(10-11)15(21)16-6-3-4-7-18-13(19)9-12(2)14(18)20/h11-12H,3-10H2,1-2H3,(H,16,21)/t11-,12?/m1/s1. The normalized spacial score (nSPS) is 25.8. The van der Waals surface area contributed by atoms with Crippen LogP contribution in [-0.4, -0.2) is 53.8 Å². The Morgan fingerprint density at radius 2 is 2.05 bits per heavy atom. The highest BCUT2D eigenvalue weighted by Gasteiger charge is 2.34. The number of nitrogens with one attached hydrogen (secondary N) is 1. The Hall–Kier alpha value is -1.59. The van der Waals surface area contributed by atoms with Gasteiger partial charge in [-0.15, -0.1) is 0 Å². The van der Waals surface area contributed by atoms with Gasteiger partial charge >= 0.3 is 6.03 Å². The van der Waals surface area contributed by atoms with Crippen molar-refractivity contribution in [2.45, 2.75) is 39.5 Å². The Balaban J connectivity index is 1.59. The fourth-order valence-corrected chi connectivity index (χ4v) is 2.90. The van der Waals surface area contributed by atoms with Crippen LogP contribution < -0.4 is 5.32 Å². The molecule has 6 nitrogen and oxygen atoms in total. The van der Waals surface area contributed by atoms with E-state index in [9.17, 15) is 14.4 Å². The summed E-state index contributed by atoms with van der Waals surface area (Å²) >= 11 is 0.